The fourth-order valence-corrected chi connectivity index (χ4v) is 4.54. The number of pyridine rings is 1. The van der Waals surface area contributed by atoms with Crippen molar-refractivity contribution in [2.45, 2.75) is 6.18 Å². The second kappa shape index (κ2) is 7.24. The van der Waals surface area contributed by atoms with Crippen molar-refractivity contribution in [1.29, 1.82) is 0 Å². The van der Waals surface area contributed by atoms with Gasteiger partial charge in [-0.05, 0) is 23.1 Å². The first-order valence-corrected chi connectivity index (χ1v) is 10.4. The first kappa shape index (κ1) is 19.8. The number of thiophene rings is 1. The zero-order valence-electron chi connectivity index (χ0n) is 15.7. The van der Waals surface area contributed by atoms with Crippen molar-refractivity contribution >= 4 is 40.1 Å². The Morgan fingerprint density at radius 3 is 2.81 bits per heavy atom. The molecule has 5 heterocycles. The van der Waals surface area contributed by atoms with Crippen LogP contribution in [0.1, 0.15) is 20.9 Å². The Bertz CT molecular complexity index is 1310. The molecule has 4 aromatic heterocycles. The summed E-state index contributed by atoms with van der Waals surface area (Å²) in [5, 5.41) is 8.12. The molecule has 6 nitrogen and oxygen atoms in total. The molecular weight excluding hydrogens is 451 g/mol. The summed E-state index contributed by atoms with van der Waals surface area (Å²) in [6, 6.07) is 4.85. The molecule has 0 fully saturated rings. The summed E-state index contributed by atoms with van der Waals surface area (Å²) in [6.07, 6.45) is 1.53. The van der Waals surface area contributed by atoms with Gasteiger partial charge in [0.25, 0.3) is 5.91 Å². The third kappa shape index (κ3) is 3.41. The van der Waals surface area contributed by atoms with Gasteiger partial charge < -0.3 is 4.90 Å². The smallest absolute Gasteiger partial charge is 0.329 e. The molecule has 0 spiro atoms. The van der Waals surface area contributed by atoms with Crippen molar-refractivity contribution in [3.63, 3.8) is 0 Å². The van der Waals surface area contributed by atoms with E-state index in [0.29, 0.717) is 18.7 Å². The molecule has 1 aliphatic heterocycles. The molecule has 31 heavy (non-hydrogen) atoms. The molecule has 1 N–H and O–H groups in total. The van der Waals surface area contributed by atoms with E-state index in [1.54, 1.807) is 11.3 Å². The van der Waals surface area contributed by atoms with Gasteiger partial charge in [-0.15, -0.1) is 11.3 Å². The lowest BCUT2D eigenvalue weighted by Gasteiger charge is -2.15. The number of H-pyrrole nitrogens is 1. The number of rotatable bonds is 3. The molecule has 0 radical (unpaired) electrons. The SMILES string of the molecule is O=C(c1nc2c(C(F)(F)F)cc(-c3cn[nH]c3)cn2c1Cl)N1CC=C(c2cccs2)C1. The summed E-state index contributed by atoms with van der Waals surface area (Å²) < 4.78 is 42.4. The molecule has 0 saturated heterocycles. The minimum atomic E-state index is -4.68. The van der Waals surface area contributed by atoms with Crippen LogP contribution < -0.4 is 0 Å². The monoisotopic (exact) mass is 463 g/mol. The standard InChI is InChI=1S/C20H13ClF3N5OS/c21-17-16(19(30)28-4-3-11(9-28)15-2-1-5-31-15)27-18-14(20(22,23)24)6-12(10-29(17)18)13-7-25-26-8-13/h1-3,5-8,10H,4,9H2,(H,25,26). The van der Waals surface area contributed by atoms with Gasteiger partial charge >= 0.3 is 6.18 Å². The van der Waals surface area contributed by atoms with Crippen LogP contribution in [0.15, 0.2) is 48.2 Å². The van der Waals surface area contributed by atoms with Gasteiger partial charge in [0.1, 0.15) is 5.15 Å². The number of hydrogen-bond acceptors (Lipinski definition) is 4. The summed E-state index contributed by atoms with van der Waals surface area (Å²) in [5.74, 6) is -0.519. The Labute approximate surface area is 182 Å². The van der Waals surface area contributed by atoms with E-state index < -0.39 is 23.3 Å². The number of imidazole rings is 1. The van der Waals surface area contributed by atoms with Crippen LogP contribution in [0.2, 0.25) is 5.15 Å². The number of hydrogen-bond donors (Lipinski definition) is 1. The molecule has 0 bridgehead atoms. The van der Waals surface area contributed by atoms with E-state index >= 15 is 0 Å². The molecule has 0 aromatic carbocycles. The maximum absolute atomic E-state index is 13.8. The average Bonchev–Trinajstić information content (AvgIpc) is 3.53. The second-order valence-electron chi connectivity index (χ2n) is 6.96. The largest absolute Gasteiger partial charge is 0.420 e. The van der Waals surface area contributed by atoms with Crippen molar-refractivity contribution in [1.82, 2.24) is 24.5 Å². The van der Waals surface area contributed by atoms with Gasteiger partial charge in [0, 0.05) is 41.5 Å². The summed E-state index contributed by atoms with van der Waals surface area (Å²) in [4.78, 5) is 19.6. The van der Waals surface area contributed by atoms with Gasteiger partial charge in [0.15, 0.2) is 11.3 Å². The first-order valence-electron chi connectivity index (χ1n) is 9.13. The van der Waals surface area contributed by atoms with Crippen molar-refractivity contribution < 1.29 is 18.0 Å². The Balaban J connectivity index is 1.56. The summed E-state index contributed by atoms with van der Waals surface area (Å²) in [6.45, 7) is 0.679. The quantitative estimate of drug-likeness (QED) is 0.465. The number of carbonyl (C=O) groups is 1. The number of aromatic nitrogens is 4. The van der Waals surface area contributed by atoms with Gasteiger partial charge in [-0.25, -0.2) is 4.98 Å². The predicted octanol–water partition coefficient (Wildman–Crippen LogP) is 5.00. The zero-order valence-corrected chi connectivity index (χ0v) is 17.2. The van der Waals surface area contributed by atoms with Gasteiger partial charge in [-0.2, -0.15) is 18.3 Å². The van der Waals surface area contributed by atoms with E-state index in [0.717, 1.165) is 20.9 Å². The maximum atomic E-state index is 13.8. The number of nitrogens with one attached hydrogen (secondary N) is 1. The maximum Gasteiger partial charge on any atom is 0.420 e. The number of halogens is 4. The molecular formula is C20H13ClF3N5OS. The van der Waals surface area contributed by atoms with Gasteiger partial charge in [0.05, 0.1) is 11.8 Å². The number of aromatic amines is 1. The Hall–Kier alpha value is -3.11. The van der Waals surface area contributed by atoms with Gasteiger partial charge in [-0.3, -0.25) is 14.3 Å². The predicted molar refractivity (Wildman–Crippen MR) is 111 cm³/mol. The van der Waals surface area contributed by atoms with Crippen molar-refractivity contribution in [2.24, 2.45) is 0 Å². The fraction of sp³-hybridized carbons (Fsp3) is 0.150. The highest BCUT2D eigenvalue weighted by molar-refractivity contribution is 7.11. The highest BCUT2D eigenvalue weighted by Crippen LogP contribution is 2.37. The van der Waals surface area contributed by atoms with Crippen LogP contribution >= 0.6 is 22.9 Å². The molecule has 0 unspecified atom stereocenters. The molecule has 0 atom stereocenters. The van der Waals surface area contributed by atoms with E-state index in [9.17, 15) is 18.0 Å². The second-order valence-corrected chi connectivity index (χ2v) is 8.27. The topological polar surface area (TPSA) is 66.3 Å². The summed E-state index contributed by atoms with van der Waals surface area (Å²) >= 11 is 7.93. The molecule has 4 aromatic rings. The van der Waals surface area contributed by atoms with E-state index in [2.05, 4.69) is 15.2 Å². The minimum absolute atomic E-state index is 0.166. The molecule has 158 valence electrons. The van der Waals surface area contributed by atoms with E-state index in [1.165, 1.54) is 23.5 Å². The molecule has 1 aliphatic rings. The van der Waals surface area contributed by atoms with Crippen LogP contribution in [0.25, 0.3) is 22.3 Å². The van der Waals surface area contributed by atoms with Crippen LogP contribution in [0.3, 0.4) is 0 Å². The highest BCUT2D eigenvalue weighted by Gasteiger charge is 2.37. The summed E-state index contributed by atoms with van der Waals surface area (Å²) in [5.41, 5.74) is 0.0765. The van der Waals surface area contributed by atoms with Gasteiger partial charge in [-0.1, -0.05) is 23.7 Å². The van der Waals surface area contributed by atoms with Crippen LogP contribution in [0.4, 0.5) is 13.2 Å². The summed E-state index contributed by atoms with van der Waals surface area (Å²) in [7, 11) is 0. The first-order chi connectivity index (χ1) is 14.8. The van der Waals surface area contributed by atoms with Crippen LogP contribution in [0, 0.1) is 0 Å². The van der Waals surface area contributed by atoms with E-state index in [4.69, 9.17) is 11.6 Å². The number of alkyl halides is 3. The third-order valence-corrected chi connectivity index (χ3v) is 6.35. The Morgan fingerprint density at radius 1 is 1.29 bits per heavy atom. The van der Waals surface area contributed by atoms with Crippen molar-refractivity contribution in [3.05, 3.63) is 69.5 Å². The normalized spacial score (nSPS) is 14.5. The zero-order chi connectivity index (χ0) is 21.8. The molecule has 5 rings (SSSR count). The lowest BCUT2D eigenvalue weighted by molar-refractivity contribution is -0.136. The third-order valence-electron chi connectivity index (χ3n) is 5.05. The van der Waals surface area contributed by atoms with Gasteiger partial charge in [0.2, 0.25) is 0 Å². The molecule has 0 aliphatic carbocycles. The fourth-order valence-electron chi connectivity index (χ4n) is 3.53. The average molecular weight is 464 g/mol. The Morgan fingerprint density at radius 2 is 2.13 bits per heavy atom. The number of carbonyl (C=O) groups excluding carboxylic acids is 1. The highest BCUT2D eigenvalue weighted by atomic mass is 35.5. The lowest BCUT2D eigenvalue weighted by Crippen LogP contribution is -2.29. The van der Waals surface area contributed by atoms with E-state index in [-0.39, 0.29) is 16.4 Å². The van der Waals surface area contributed by atoms with Crippen molar-refractivity contribution in [3.8, 4) is 11.1 Å². The van der Waals surface area contributed by atoms with Crippen LogP contribution in [-0.2, 0) is 6.18 Å². The van der Waals surface area contributed by atoms with E-state index in [1.807, 2.05) is 23.6 Å². The number of fused-ring (bicyclic) bond motifs is 1. The van der Waals surface area contributed by atoms with Crippen molar-refractivity contribution in [2.75, 3.05) is 13.1 Å². The minimum Gasteiger partial charge on any atom is -0.329 e. The van der Waals surface area contributed by atoms with Crippen LogP contribution in [-0.4, -0.2) is 43.5 Å². The van der Waals surface area contributed by atoms with Crippen LogP contribution in [0.5, 0.6) is 0 Å². The Kier molecular flexibility index (Phi) is 4.63. The molecule has 11 heteroatoms. The number of nitrogens with zero attached hydrogens (tertiary/aromatic N) is 4. The molecule has 0 saturated carbocycles. The molecule has 1 amide bonds. The lowest BCUT2D eigenvalue weighted by atomic mass is 10.1. The number of amides is 1.